The first-order valence-corrected chi connectivity index (χ1v) is 15.0. The zero-order chi connectivity index (χ0) is 33.3. The van der Waals surface area contributed by atoms with E-state index < -0.39 is 64.8 Å². The average Bonchev–Trinajstić information content (AvgIpc) is 3.32. The number of rotatable bonds is 7. The Morgan fingerprint density at radius 2 is 1.67 bits per heavy atom. The number of fused-ring (bicyclic) bond motifs is 3. The van der Waals surface area contributed by atoms with E-state index in [1.165, 1.54) is 19.1 Å². The minimum absolute atomic E-state index is 0.0120. The summed E-state index contributed by atoms with van der Waals surface area (Å²) in [6.07, 6.45) is -2.60. The van der Waals surface area contributed by atoms with Crippen molar-refractivity contribution < 1.29 is 33.6 Å². The lowest BCUT2D eigenvalue weighted by atomic mass is 9.98. The molecule has 2 aliphatic rings. The Morgan fingerprint density at radius 1 is 1.07 bits per heavy atom. The van der Waals surface area contributed by atoms with E-state index in [-0.39, 0.29) is 23.1 Å². The summed E-state index contributed by atoms with van der Waals surface area (Å²) in [7, 11) is 0. The van der Waals surface area contributed by atoms with Crippen molar-refractivity contribution in [3.8, 4) is 11.1 Å². The monoisotopic (exact) mass is 648 g/mol. The van der Waals surface area contributed by atoms with Gasteiger partial charge in [-0.25, -0.2) is 9.59 Å². The van der Waals surface area contributed by atoms with Crippen LogP contribution in [0.15, 0.2) is 66.7 Å². The first-order chi connectivity index (χ1) is 21.7. The van der Waals surface area contributed by atoms with Crippen molar-refractivity contribution in [1.29, 1.82) is 0 Å². The summed E-state index contributed by atoms with van der Waals surface area (Å²) in [4.78, 5) is 65.2. The molecule has 46 heavy (non-hydrogen) atoms. The summed E-state index contributed by atoms with van der Waals surface area (Å²) in [5.74, 6) is -2.40. The Hall–Kier alpha value is -4.97. The maximum absolute atomic E-state index is 14.0. The van der Waals surface area contributed by atoms with Crippen LogP contribution < -0.4 is 10.6 Å². The number of benzene rings is 3. The van der Waals surface area contributed by atoms with Crippen molar-refractivity contribution in [1.82, 2.24) is 15.5 Å². The molecule has 3 amide bonds. The summed E-state index contributed by atoms with van der Waals surface area (Å²) >= 11 is 6.00. The number of carbonyl (C=O) groups is 4. The van der Waals surface area contributed by atoms with Crippen LogP contribution in [0.4, 0.5) is 10.5 Å². The molecule has 5 rings (SSSR count). The molecule has 3 aromatic carbocycles. The highest BCUT2D eigenvalue weighted by atomic mass is 35.5. The molecule has 3 aromatic rings. The molecule has 1 saturated heterocycles. The van der Waals surface area contributed by atoms with Gasteiger partial charge in [-0.3, -0.25) is 19.7 Å². The van der Waals surface area contributed by atoms with Gasteiger partial charge >= 0.3 is 12.1 Å². The zero-order valence-electron chi connectivity index (χ0n) is 25.6. The molecule has 1 aliphatic carbocycles. The number of nitrogens with one attached hydrogen (secondary N) is 2. The van der Waals surface area contributed by atoms with Crippen molar-refractivity contribution in [2.24, 2.45) is 0 Å². The fourth-order valence-corrected chi connectivity index (χ4v) is 5.95. The van der Waals surface area contributed by atoms with Gasteiger partial charge in [-0.2, -0.15) is 0 Å². The summed E-state index contributed by atoms with van der Waals surface area (Å²) in [6.45, 7) is 6.34. The van der Waals surface area contributed by atoms with Crippen molar-refractivity contribution in [2.75, 3.05) is 6.61 Å². The number of halogens is 1. The fraction of sp³-hybridized carbons (Fsp3) is 0.333. The number of amides is 3. The first kappa shape index (κ1) is 32.4. The molecule has 13 heteroatoms. The number of nitro groups is 1. The summed E-state index contributed by atoms with van der Waals surface area (Å²) in [5, 5.41) is 16.6. The molecule has 0 saturated carbocycles. The molecular formula is C33H33ClN4O8. The summed E-state index contributed by atoms with van der Waals surface area (Å²) < 4.78 is 11.1. The van der Waals surface area contributed by atoms with E-state index in [9.17, 15) is 29.3 Å². The number of carbonyl (C=O) groups excluding carboxylic acids is 4. The Bertz CT molecular complexity index is 1680. The van der Waals surface area contributed by atoms with E-state index in [1.807, 2.05) is 48.5 Å². The number of alkyl carbamates (subject to hydrolysis) is 1. The SMILES string of the molecule is C[C@@H](NC(=O)OCC1c2ccccc2-c2ccccc21)C(=O)N1[C@@H](c2ccc(Cl)c([N+](=O)[O-])c2)NC(=O)C[C@H]1C(=O)OC(C)(C)C. The van der Waals surface area contributed by atoms with Crippen LogP contribution >= 0.6 is 11.6 Å². The topological polar surface area (TPSA) is 157 Å². The van der Waals surface area contributed by atoms with Crippen molar-refractivity contribution >= 4 is 41.2 Å². The van der Waals surface area contributed by atoms with E-state index in [4.69, 9.17) is 21.1 Å². The molecule has 3 atom stereocenters. The normalized spacial score (nSPS) is 18.1. The highest BCUT2D eigenvalue weighted by Gasteiger charge is 2.45. The Kier molecular flexibility index (Phi) is 9.02. The highest BCUT2D eigenvalue weighted by molar-refractivity contribution is 6.32. The first-order valence-electron chi connectivity index (χ1n) is 14.6. The van der Waals surface area contributed by atoms with Crippen LogP contribution in [-0.2, 0) is 23.9 Å². The van der Waals surface area contributed by atoms with E-state index in [2.05, 4.69) is 10.6 Å². The van der Waals surface area contributed by atoms with Gasteiger partial charge in [0.2, 0.25) is 11.8 Å². The van der Waals surface area contributed by atoms with Gasteiger partial charge in [0.25, 0.3) is 5.69 Å². The van der Waals surface area contributed by atoms with Crippen molar-refractivity contribution in [3.05, 3.63) is 98.6 Å². The van der Waals surface area contributed by atoms with E-state index in [1.54, 1.807) is 20.8 Å². The maximum Gasteiger partial charge on any atom is 0.407 e. The lowest BCUT2D eigenvalue weighted by molar-refractivity contribution is -0.384. The van der Waals surface area contributed by atoms with Crippen LogP contribution in [0.3, 0.4) is 0 Å². The van der Waals surface area contributed by atoms with Gasteiger partial charge in [0.15, 0.2) is 0 Å². The van der Waals surface area contributed by atoms with Gasteiger partial charge in [-0.15, -0.1) is 0 Å². The Labute approximate surface area is 270 Å². The molecule has 2 N–H and O–H groups in total. The van der Waals surface area contributed by atoms with Gasteiger partial charge in [0.1, 0.15) is 35.5 Å². The van der Waals surface area contributed by atoms with Crippen molar-refractivity contribution in [2.45, 2.75) is 63.9 Å². The zero-order valence-corrected chi connectivity index (χ0v) is 26.4. The molecule has 12 nitrogen and oxygen atoms in total. The third kappa shape index (κ3) is 6.66. The molecule has 1 heterocycles. The Morgan fingerprint density at radius 3 is 2.26 bits per heavy atom. The smallest absolute Gasteiger partial charge is 0.407 e. The number of hydrogen-bond acceptors (Lipinski definition) is 8. The highest BCUT2D eigenvalue weighted by Crippen LogP contribution is 2.44. The van der Waals surface area contributed by atoms with Gasteiger partial charge in [-0.05, 0) is 56.0 Å². The summed E-state index contributed by atoms with van der Waals surface area (Å²) in [5.41, 5.74) is 2.88. The van der Waals surface area contributed by atoms with Crippen LogP contribution in [0, 0.1) is 10.1 Å². The van der Waals surface area contributed by atoms with Gasteiger partial charge in [0, 0.05) is 17.5 Å². The van der Waals surface area contributed by atoms with Crippen LogP contribution in [0.1, 0.15) is 62.9 Å². The minimum Gasteiger partial charge on any atom is -0.458 e. The van der Waals surface area contributed by atoms with Crippen LogP contribution in [0.2, 0.25) is 5.02 Å². The van der Waals surface area contributed by atoms with Crippen LogP contribution in [-0.4, -0.2) is 58.0 Å². The molecule has 0 unspecified atom stereocenters. The molecule has 0 aromatic heterocycles. The van der Waals surface area contributed by atoms with E-state index >= 15 is 0 Å². The Balaban J connectivity index is 1.38. The second-order valence-corrected chi connectivity index (χ2v) is 12.5. The third-order valence-corrected chi connectivity index (χ3v) is 8.07. The number of nitro benzene ring substituents is 1. The van der Waals surface area contributed by atoms with Gasteiger partial charge in [-0.1, -0.05) is 66.2 Å². The lowest BCUT2D eigenvalue weighted by Crippen LogP contribution is -2.62. The molecule has 0 radical (unpaired) electrons. The molecular weight excluding hydrogens is 616 g/mol. The number of esters is 1. The molecule has 1 aliphatic heterocycles. The minimum atomic E-state index is -1.40. The fourth-order valence-electron chi connectivity index (χ4n) is 5.77. The average molecular weight is 649 g/mol. The van der Waals surface area contributed by atoms with Gasteiger partial charge < -0.3 is 25.0 Å². The predicted molar refractivity (Wildman–Crippen MR) is 168 cm³/mol. The molecule has 1 fully saturated rings. The largest absolute Gasteiger partial charge is 0.458 e. The lowest BCUT2D eigenvalue weighted by Gasteiger charge is -2.42. The number of hydrogen-bond donors (Lipinski definition) is 2. The van der Waals surface area contributed by atoms with Crippen LogP contribution in [0.5, 0.6) is 0 Å². The molecule has 0 spiro atoms. The molecule has 240 valence electrons. The second-order valence-electron chi connectivity index (χ2n) is 12.1. The van der Waals surface area contributed by atoms with E-state index in [0.717, 1.165) is 33.2 Å². The quantitative estimate of drug-likeness (QED) is 0.200. The molecule has 0 bridgehead atoms. The number of ether oxygens (including phenoxy) is 2. The third-order valence-electron chi connectivity index (χ3n) is 7.75. The van der Waals surface area contributed by atoms with Gasteiger partial charge in [0.05, 0.1) is 11.3 Å². The number of nitrogens with zero attached hydrogens (tertiary/aromatic N) is 2. The second kappa shape index (κ2) is 12.8. The predicted octanol–water partition coefficient (Wildman–Crippen LogP) is 5.23. The summed E-state index contributed by atoms with van der Waals surface area (Å²) in [6, 6.07) is 16.9. The standard InChI is InChI=1S/C33H33ClN4O8/c1-18(35-32(42)45-17-24-22-11-7-5-9-20(22)21-10-6-8-12-23(21)24)30(40)37-27(31(41)46-33(2,3)4)16-28(39)36-29(37)19-13-14-25(34)26(15-19)38(43)44/h5-15,18,24,27,29H,16-17H2,1-4H3,(H,35,42)(H,36,39)/t18-,27+,29+/m1/s1. The van der Waals surface area contributed by atoms with Crippen LogP contribution in [0.25, 0.3) is 11.1 Å². The van der Waals surface area contributed by atoms with E-state index in [0.29, 0.717) is 0 Å². The maximum atomic E-state index is 14.0. The van der Waals surface area contributed by atoms with Crippen molar-refractivity contribution in [3.63, 3.8) is 0 Å².